The van der Waals surface area contributed by atoms with Gasteiger partial charge in [0, 0.05) is 18.2 Å². The average molecular weight is 464 g/mol. The van der Waals surface area contributed by atoms with Crippen LogP contribution in [0.1, 0.15) is 47.2 Å². The molecule has 1 N–H and O–H groups in total. The summed E-state index contributed by atoms with van der Waals surface area (Å²) < 4.78 is 0. The molecule has 0 fully saturated rings. The maximum Gasteiger partial charge on any atom is 0.0719 e. The second-order valence-electron chi connectivity index (χ2n) is 10.6. The molecule has 0 bridgehead atoms. The fourth-order valence-electron chi connectivity index (χ4n) is 6.87. The van der Waals surface area contributed by atoms with Crippen LogP contribution >= 0.6 is 0 Å². The van der Waals surface area contributed by atoms with Gasteiger partial charge in [0.05, 0.1) is 5.41 Å². The van der Waals surface area contributed by atoms with Crippen LogP contribution in [0.2, 0.25) is 0 Å². The minimum Gasteiger partial charge on any atom is -0.388 e. The molecule has 0 amide bonds. The third-order valence-electron chi connectivity index (χ3n) is 8.56. The van der Waals surface area contributed by atoms with Gasteiger partial charge in [-0.2, -0.15) is 0 Å². The van der Waals surface area contributed by atoms with Gasteiger partial charge in [0.25, 0.3) is 0 Å². The van der Waals surface area contributed by atoms with Gasteiger partial charge in [0.1, 0.15) is 0 Å². The molecule has 174 valence electrons. The van der Waals surface area contributed by atoms with Crippen molar-refractivity contribution in [1.82, 2.24) is 0 Å². The molecule has 2 aliphatic carbocycles. The van der Waals surface area contributed by atoms with E-state index in [2.05, 4.69) is 134 Å². The van der Waals surface area contributed by atoms with E-state index in [4.69, 9.17) is 0 Å². The van der Waals surface area contributed by atoms with Crippen molar-refractivity contribution in [3.63, 3.8) is 0 Å². The average Bonchev–Trinajstić information content (AvgIpc) is 3.23. The minimum absolute atomic E-state index is 0.0727. The van der Waals surface area contributed by atoms with Crippen molar-refractivity contribution in [1.29, 1.82) is 0 Å². The molecule has 0 heterocycles. The molecule has 5 aromatic rings. The van der Waals surface area contributed by atoms with Gasteiger partial charge >= 0.3 is 0 Å². The summed E-state index contributed by atoms with van der Waals surface area (Å²) >= 11 is 0. The van der Waals surface area contributed by atoms with Crippen LogP contribution in [0.15, 0.2) is 115 Å². The van der Waals surface area contributed by atoms with Crippen LogP contribution in [0.5, 0.6) is 0 Å². The van der Waals surface area contributed by atoms with E-state index in [9.17, 15) is 0 Å². The minimum atomic E-state index is -0.338. The SMILES string of the molecule is CNc1ccc(-c2ccc3c(c2)C2(c4ccccc4-3)c3ccccc3C(C)(C)c3ccccc32)cc1. The first-order chi connectivity index (χ1) is 17.6. The molecule has 7 rings (SSSR count). The van der Waals surface area contributed by atoms with E-state index >= 15 is 0 Å². The molecular formula is C35H29N. The quantitative estimate of drug-likeness (QED) is 0.272. The Labute approximate surface area is 213 Å². The van der Waals surface area contributed by atoms with Crippen molar-refractivity contribution >= 4 is 5.69 Å². The lowest BCUT2D eigenvalue weighted by atomic mass is 9.55. The van der Waals surface area contributed by atoms with E-state index in [1.54, 1.807) is 0 Å². The first-order valence-corrected chi connectivity index (χ1v) is 12.8. The van der Waals surface area contributed by atoms with Crippen LogP contribution in [-0.2, 0) is 10.8 Å². The summed E-state index contributed by atoms with van der Waals surface area (Å²) in [7, 11) is 1.96. The Bertz CT molecular complexity index is 1590. The normalized spacial score (nSPS) is 15.5. The molecule has 0 atom stereocenters. The fourth-order valence-corrected chi connectivity index (χ4v) is 6.87. The van der Waals surface area contributed by atoms with Gasteiger partial charge in [0.15, 0.2) is 0 Å². The standard InChI is InChI=1S/C35H29N/c1-34(2)29-12-6-8-14-31(29)35(32-15-9-7-13-30(32)34)28-11-5-4-10-26(28)27-21-18-24(22-33(27)35)23-16-19-25(36-3)20-17-23/h4-22,36H,1-3H3. The topological polar surface area (TPSA) is 12.0 Å². The summed E-state index contributed by atoms with van der Waals surface area (Å²) in [5, 5.41) is 3.24. The molecule has 0 unspecified atom stereocenters. The summed E-state index contributed by atoms with van der Waals surface area (Å²) in [6, 6.07) is 43.1. The highest BCUT2D eigenvalue weighted by molar-refractivity contribution is 5.90. The van der Waals surface area contributed by atoms with E-state index in [1.807, 2.05) is 7.05 Å². The van der Waals surface area contributed by atoms with Crippen LogP contribution in [0, 0.1) is 0 Å². The molecule has 5 aromatic carbocycles. The Morgan fingerprint density at radius 3 is 1.58 bits per heavy atom. The lowest BCUT2D eigenvalue weighted by Crippen LogP contribution is -2.40. The van der Waals surface area contributed by atoms with Gasteiger partial charge in [-0.1, -0.05) is 111 Å². The molecule has 0 radical (unpaired) electrons. The van der Waals surface area contributed by atoms with Gasteiger partial charge < -0.3 is 5.32 Å². The molecule has 2 aliphatic rings. The fraction of sp³-hybridized carbons (Fsp3) is 0.143. The molecule has 1 heteroatoms. The van der Waals surface area contributed by atoms with Crippen LogP contribution in [0.4, 0.5) is 5.69 Å². The second-order valence-corrected chi connectivity index (χ2v) is 10.6. The highest BCUT2D eigenvalue weighted by Crippen LogP contribution is 2.62. The summed E-state index contributed by atoms with van der Waals surface area (Å²) in [5.41, 5.74) is 14.3. The number of hydrogen-bond donors (Lipinski definition) is 1. The third kappa shape index (κ3) is 2.61. The Balaban J connectivity index is 1.61. The lowest BCUT2D eigenvalue weighted by molar-refractivity contribution is 0.563. The Kier molecular flexibility index (Phi) is 4.39. The first kappa shape index (κ1) is 21.2. The Morgan fingerprint density at radius 1 is 0.472 bits per heavy atom. The lowest BCUT2D eigenvalue weighted by Gasteiger charge is -2.46. The number of nitrogens with one attached hydrogen (secondary N) is 1. The highest BCUT2D eigenvalue weighted by atomic mass is 14.8. The second kappa shape index (κ2) is 7.45. The molecule has 0 aliphatic heterocycles. The van der Waals surface area contributed by atoms with Crippen LogP contribution in [0.25, 0.3) is 22.3 Å². The highest BCUT2D eigenvalue weighted by Gasteiger charge is 2.53. The number of hydrogen-bond acceptors (Lipinski definition) is 1. The molecular weight excluding hydrogens is 434 g/mol. The van der Waals surface area contributed by atoms with E-state index in [0.29, 0.717) is 0 Å². The van der Waals surface area contributed by atoms with Crippen molar-refractivity contribution in [2.45, 2.75) is 24.7 Å². The number of anilines is 1. The van der Waals surface area contributed by atoms with E-state index in [-0.39, 0.29) is 10.8 Å². The molecule has 0 saturated carbocycles. The predicted octanol–water partition coefficient (Wildman–Crippen LogP) is 8.40. The zero-order valence-corrected chi connectivity index (χ0v) is 21.0. The van der Waals surface area contributed by atoms with Gasteiger partial charge in [0.2, 0.25) is 0 Å². The smallest absolute Gasteiger partial charge is 0.0719 e. The Hall–Kier alpha value is -4.10. The van der Waals surface area contributed by atoms with E-state index in [1.165, 1.54) is 55.6 Å². The van der Waals surface area contributed by atoms with Gasteiger partial charge in [-0.3, -0.25) is 0 Å². The first-order valence-electron chi connectivity index (χ1n) is 12.8. The molecule has 0 aromatic heterocycles. The number of rotatable bonds is 2. The van der Waals surface area contributed by atoms with E-state index < -0.39 is 0 Å². The monoisotopic (exact) mass is 463 g/mol. The summed E-state index contributed by atoms with van der Waals surface area (Å²) in [6.45, 7) is 4.75. The van der Waals surface area contributed by atoms with Crippen molar-refractivity contribution < 1.29 is 0 Å². The molecule has 36 heavy (non-hydrogen) atoms. The van der Waals surface area contributed by atoms with Crippen molar-refractivity contribution in [3.05, 3.63) is 149 Å². The molecule has 1 nitrogen and oxygen atoms in total. The number of benzene rings is 5. The number of fused-ring (bicyclic) bond motifs is 9. The maximum absolute atomic E-state index is 3.24. The van der Waals surface area contributed by atoms with Crippen molar-refractivity contribution in [2.75, 3.05) is 12.4 Å². The van der Waals surface area contributed by atoms with Gasteiger partial charge in [-0.25, -0.2) is 0 Å². The summed E-state index contributed by atoms with van der Waals surface area (Å²) in [6.07, 6.45) is 0. The van der Waals surface area contributed by atoms with Crippen LogP contribution < -0.4 is 5.32 Å². The zero-order valence-electron chi connectivity index (χ0n) is 21.0. The van der Waals surface area contributed by atoms with Crippen molar-refractivity contribution in [2.24, 2.45) is 0 Å². The maximum atomic E-state index is 3.24. The molecule has 0 saturated heterocycles. The van der Waals surface area contributed by atoms with E-state index in [0.717, 1.165) is 5.69 Å². The van der Waals surface area contributed by atoms with Gasteiger partial charge in [-0.15, -0.1) is 0 Å². The van der Waals surface area contributed by atoms with Crippen molar-refractivity contribution in [3.8, 4) is 22.3 Å². The van der Waals surface area contributed by atoms with Crippen LogP contribution in [-0.4, -0.2) is 7.05 Å². The molecule has 1 spiro atoms. The Morgan fingerprint density at radius 2 is 0.972 bits per heavy atom. The largest absolute Gasteiger partial charge is 0.388 e. The predicted molar refractivity (Wildman–Crippen MR) is 151 cm³/mol. The summed E-state index contributed by atoms with van der Waals surface area (Å²) in [4.78, 5) is 0. The zero-order chi connectivity index (χ0) is 24.5. The third-order valence-corrected chi connectivity index (χ3v) is 8.56. The van der Waals surface area contributed by atoms with Crippen LogP contribution in [0.3, 0.4) is 0 Å². The van der Waals surface area contributed by atoms with Gasteiger partial charge in [-0.05, 0) is 73.8 Å². The summed E-state index contributed by atoms with van der Waals surface area (Å²) in [5.74, 6) is 0.